The van der Waals surface area contributed by atoms with E-state index in [1.54, 1.807) is 7.11 Å². The fraction of sp³-hybridized carbons (Fsp3) is 0.375. The normalized spacial score (nSPS) is 13.5. The zero-order valence-electron chi connectivity index (χ0n) is 12.4. The molecule has 1 N–H and O–H groups in total. The highest BCUT2D eigenvalue weighted by Crippen LogP contribution is 2.29. The molecule has 1 aromatic heterocycles. The van der Waals surface area contributed by atoms with Crippen LogP contribution in [0.3, 0.4) is 0 Å². The van der Waals surface area contributed by atoms with Crippen molar-refractivity contribution >= 4 is 29.2 Å². The summed E-state index contributed by atoms with van der Waals surface area (Å²) in [5, 5.41) is 4.23. The molecule has 1 aliphatic rings. The van der Waals surface area contributed by atoms with E-state index in [1.165, 1.54) is 5.56 Å². The molecule has 6 heteroatoms. The molecule has 0 fully saturated rings. The summed E-state index contributed by atoms with van der Waals surface area (Å²) in [5.74, 6) is 2.95. The summed E-state index contributed by atoms with van der Waals surface area (Å²) in [4.78, 5) is 8.93. The Kier molecular flexibility index (Phi) is 5.05. The Labute approximate surface area is 139 Å². The van der Waals surface area contributed by atoms with Gasteiger partial charge in [0.05, 0.1) is 12.8 Å². The van der Waals surface area contributed by atoms with Crippen molar-refractivity contribution in [3.05, 3.63) is 46.1 Å². The summed E-state index contributed by atoms with van der Waals surface area (Å²) in [6, 6.07) is 8.36. The van der Waals surface area contributed by atoms with Gasteiger partial charge in [0.2, 0.25) is 0 Å². The molecule has 22 heavy (non-hydrogen) atoms. The number of ether oxygens (including phenoxy) is 1. The maximum absolute atomic E-state index is 6.19. The van der Waals surface area contributed by atoms with Crippen LogP contribution in [0.25, 0.3) is 0 Å². The van der Waals surface area contributed by atoms with Gasteiger partial charge in [-0.25, -0.2) is 0 Å². The van der Waals surface area contributed by atoms with Crippen LogP contribution in [0, 0.1) is 0 Å². The summed E-state index contributed by atoms with van der Waals surface area (Å²) >= 11 is 8.11. The van der Waals surface area contributed by atoms with E-state index in [1.807, 2.05) is 30.0 Å². The van der Waals surface area contributed by atoms with Gasteiger partial charge in [0.15, 0.2) is 0 Å². The molecule has 0 bridgehead atoms. The Bertz CT molecular complexity index is 666. The second-order valence-corrected chi connectivity index (χ2v) is 6.57. The number of hydrogen-bond donors (Lipinski definition) is 1. The summed E-state index contributed by atoms with van der Waals surface area (Å²) in [6.07, 6.45) is 1.83. The van der Waals surface area contributed by atoms with E-state index < -0.39 is 0 Å². The predicted molar refractivity (Wildman–Crippen MR) is 92.1 cm³/mol. The van der Waals surface area contributed by atoms with Crippen LogP contribution in [0.4, 0.5) is 5.82 Å². The van der Waals surface area contributed by atoms with Crippen LogP contribution in [0.15, 0.2) is 24.3 Å². The van der Waals surface area contributed by atoms with E-state index in [9.17, 15) is 0 Å². The lowest BCUT2D eigenvalue weighted by atomic mass is 10.1. The maximum atomic E-state index is 6.19. The lowest BCUT2D eigenvalue weighted by molar-refractivity contribution is 0.378. The van der Waals surface area contributed by atoms with Crippen molar-refractivity contribution in [3.63, 3.8) is 0 Å². The molecule has 0 spiro atoms. The van der Waals surface area contributed by atoms with Crippen LogP contribution in [-0.4, -0.2) is 29.4 Å². The number of fused-ring (bicyclic) bond motifs is 1. The van der Waals surface area contributed by atoms with Crippen LogP contribution in [0.1, 0.15) is 16.8 Å². The van der Waals surface area contributed by atoms with Gasteiger partial charge in [-0.15, -0.1) is 0 Å². The molecular weight excluding hydrogens is 318 g/mol. The predicted octanol–water partition coefficient (Wildman–Crippen LogP) is 3.58. The number of benzene rings is 1. The second kappa shape index (κ2) is 7.20. The fourth-order valence-electron chi connectivity index (χ4n) is 2.46. The van der Waals surface area contributed by atoms with Crippen molar-refractivity contribution in [2.45, 2.75) is 18.6 Å². The van der Waals surface area contributed by atoms with E-state index in [0.717, 1.165) is 53.0 Å². The van der Waals surface area contributed by atoms with E-state index >= 15 is 0 Å². The van der Waals surface area contributed by atoms with Crippen LogP contribution in [0.5, 0.6) is 6.01 Å². The van der Waals surface area contributed by atoms with Crippen molar-refractivity contribution in [2.75, 3.05) is 24.7 Å². The Balaban J connectivity index is 1.73. The molecule has 0 atom stereocenters. The minimum atomic E-state index is 0.436. The van der Waals surface area contributed by atoms with Gasteiger partial charge >= 0.3 is 6.01 Å². The van der Waals surface area contributed by atoms with Crippen molar-refractivity contribution in [2.24, 2.45) is 0 Å². The highest BCUT2D eigenvalue weighted by molar-refractivity contribution is 7.98. The first-order valence-corrected chi connectivity index (χ1v) is 8.80. The molecule has 0 amide bonds. The van der Waals surface area contributed by atoms with Crippen LogP contribution < -0.4 is 10.1 Å². The van der Waals surface area contributed by atoms with Gasteiger partial charge in [-0.3, -0.25) is 0 Å². The number of aromatic nitrogens is 2. The van der Waals surface area contributed by atoms with Gasteiger partial charge in [-0.05, 0) is 30.2 Å². The minimum Gasteiger partial charge on any atom is -0.467 e. The molecule has 116 valence electrons. The molecule has 0 unspecified atom stereocenters. The Morgan fingerprint density at radius 2 is 2.18 bits per heavy atom. The van der Waals surface area contributed by atoms with Crippen LogP contribution >= 0.6 is 23.4 Å². The monoisotopic (exact) mass is 335 g/mol. The van der Waals surface area contributed by atoms with Crippen LogP contribution in [-0.2, 0) is 18.6 Å². The molecule has 0 aliphatic carbocycles. The highest BCUT2D eigenvalue weighted by atomic mass is 35.5. The average Bonchev–Trinajstić information content (AvgIpc) is 2.56. The first-order chi connectivity index (χ1) is 10.8. The van der Waals surface area contributed by atoms with E-state index in [0.29, 0.717) is 6.01 Å². The number of nitrogens with one attached hydrogen (secondary N) is 1. The Morgan fingerprint density at radius 1 is 1.32 bits per heavy atom. The molecular formula is C16H18ClN3OS. The molecule has 2 aromatic rings. The lowest BCUT2D eigenvalue weighted by Gasteiger charge is -2.19. The Hall–Kier alpha value is -1.46. The van der Waals surface area contributed by atoms with E-state index in [-0.39, 0.29) is 0 Å². The van der Waals surface area contributed by atoms with Gasteiger partial charge in [0.25, 0.3) is 0 Å². The molecule has 2 heterocycles. The van der Waals surface area contributed by atoms with Crippen molar-refractivity contribution in [1.82, 2.24) is 9.97 Å². The van der Waals surface area contributed by atoms with E-state index in [4.69, 9.17) is 16.3 Å². The minimum absolute atomic E-state index is 0.436. The number of hydrogen-bond acceptors (Lipinski definition) is 5. The van der Waals surface area contributed by atoms with Crippen molar-refractivity contribution in [3.8, 4) is 6.01 Å². The standard InChI is InChI=1S/C16H18ClN3OS/c1-21-16-19-14-7-9-22-10-12(14)15(20-16)18-8-6-11-4-2-3-5-13(11)17/h2-5H,6-10H2,1H3,(H,18,19,20). The summed E-state index contributed by atoms with van der Waals surface area (Å²) in [6.45, 7) is 0.779. The van der Waals surface area contributed by atoms with Gasteiger partial charge in [-0.1, -0.05) is 29.8 Å². The number of aryl methyl sites for hydroxylation is 1. The lowest BCUT2D eigenvalue weighted by Crippen LogP contribution is -2.15. The zero-order chi connectivity index (χ0) is 15.4. The number of halogens is 1. The van der Waals surface area contributed by atoms with Gasteiger partial charge in [-0.2, -0.15) is 21.7 Å². The van der Waals surface area contributed by atoms with Crippen molar-refractivity contribution < 1.29 is 4.74 Å². The Morgan fingerprint density at radius 3 is 3.00 bits per heavy atom. The number of nitrogens with zero attached hydrogens (tertiary/aromatic N) is 2. The maximum Gasteiger partial charge on any atom is 0.318 e. The topological polar surface area (TPSA) is 47.0 Å². The summed E-state index contributed by atoms with van der Waals surface area (Å²) < 4.78 is 5.21. The number of anilines is 1. The molecule has 0 radical (unpaired) electrons. The van der Waals surface area contributed by atoms with Gasteiger partial charge < -0.3 is 10.1 Å². The molecule has 3 rings (SSSR count). The third-order valence-corrected chi connectivity index (χ3v) is 4.98. The molecule has 0 saturated carbocycles. The first-order valence-electron chi connectivity index (χ1n) is 7.26. The van der Waals surface area contributed by atoms with Gasteiger partial charge in [0.1, 0.15) is 5.82 Å². The third kappa shape index (κ3) is 3.47. The third-order valence-electron chi connectivity index (χ3n) is 3.63. The zero-order valence-corrected chi connectivity index (χ0v) is 14.0. The summed E-state index contributed by atoms with van der Waals surface area (Å²) in [7, 11) is 1.60. The molecule has 1 aromatic carbocycles. The highest BCUT2D eigenvalue weighted by Gasteiger charge is 2.18. The number of methoxy groups -OCH3 is 1. The van der Waals surface area contributed by atoms with Crippen LogP contribution in [0.2, 0.25) is 5.02 Å². The number of rotatable bonds is 5. The molecule has 4 nitrogen and oxygen atoms in total. The second-order valence-electron chi connectivity index (χ2n) is 5.05. The number of thioether (sulfide) groups is 1. The quantitative estimate of drug-likeness (QED) is 0.905. The fourth-order valence-corrected chi connectivity index (χ4v) is 3.68. The summed E-state index contributed by atoms with van der Waals surface area (Å²) in [5.41, 5.74) is 3.45. The SMILES string of the molecule is COc1nc2c(c(NCCc3ccccc3Cl)n1)CSCC2. The van der Waals surface area contributed by atoms with Crippen molar-refractivity contribution in [1.29, 1.82) is 0 Å². The molecule has 0 saturated heterocycles. The van der Waals surface area contributed by atoms with E-state index in [2.05, 4.69) is 21.4 Å². The smallest absolute Gasteiger partial charge is 0.318 e. The largest absolute Gasteiger partial charge is 0.467 e. The average molecular weight is 336 g/mol. The first kappa shape index (κ1) is 15.4. The molecule has 1 aliphatic heterocycles. The van der Waals surface area contributed by atoms with Gasteiger partial charge in [0, 0.05) is 22.9 Å².